The van der Waals surface area contributed by atoms with Gasteiger partial charge < -0.3 is 10.6 Å². The van der Waals surface area contributed by atoms with Gasteiger partial charge in [-0.1, -0.05) is 41.1 Å². The van der Waals surface area contributed by atoms with Gasteiger partial charge in [-0.3, -0.25) is 4.90 Å². The van der Waals surface area contributed by atoms with Crippen LogP contribution in [0.3, 0.4) is 0 Å². The van der Waals surface area contributed by atoms with E-state index in [4.69, 9.17) is 9.97 Å². The molecule has 1 aromatic carbocycles. The van der Waals surface area contributed by atoms with Gasteiger partial charge >= 0.3 is 21.1 Å². The molecule has 0 saturated heterocycles. The van der Waals surface area contributed by atoms with Crippen molar-refractivity contribution in [3.8, 4) is 0 Å². The summed E-state index contributed by atoms with van der Waals surface area (Å²) in [5, 5.41) is 13.0. The van der Waals surface area contributed by atoms with Crippen LogP contribution in [0.25, 0.3) is 10.6 Å². The van der Waals surface area contributed by atoms with Gasteiger partial charge in [-0.05, 0) is 47.1 Å². The van der Waals surface area contributed by atoms with Gasteiger partial charge in [0.2, 0.25) is 0 Å². The second-order valence-electron chi connectivity index (χ2n) is 6.36. The van der Waals surface area contributed by atoms with Gasteiger partial charge in [-0.15, -0.1) is 23.5 Å². The minimum atomic E-state index is 0. The molecule has 2 aromatic heterocycles. The summed E-state index contributed by atoms with van der Waals surface area (Å²) in [4.78, 5) is 11.9. The van der Waals surface area contributed by atoms with E-state index in [9.17, 15) is 0 Å². The van der Waals surface area contributed by atoms with Gasteiger partial charge in [-0.2, -0.15) is 12.4 Å². The number of para-hydroxylation sites is 1. The largest absolute Gasteiger partial charge is 2.00 e. The van der Waals surface area contributed by atoms with Crippen molar-refractivity contribution in [2.75, 3.05) is 4.90 Å². The predicted octanol–water partition coefficient (Wildman–Crippen LogP) is 7.12. The molecule has 0 N–H and O–H groups in total. The van der Waals surface area contributed by atoms with E-state index in [0.717, 1.165) is 28.7 Å². The molecule has 2 unspecified atom stereocenters. The molecule has 5 rings (SSSR count). The molecule has 0 amide bonds. The quantitative estimate of drug-likeness (QED) is 0.308. The summed E-state index contributed by atoms with van der Waals surface area (Å²) in [6.45, 7) is 0. The molecule has 0 aliphatic carbocycles. The van der Waals surface area contributed by atoms with E-state index >= 15 is 0 Å². The Labute approximate surface area is 198 Å². The van der Waals surface area contributed by atoms with E-state index in [1.807, 2.05) is 77.8 Å². The van der Waals surface area contributed by atoms with Crippen LogP contribution in [-0.4, -0.2) is 9.97 Å². The Morgan fingerprint density at radius 2 is 1.20 bits per heavy atom. The number of hydrogen-bond donors (Lipinski definition) is 0. The smallest absolute Gasteiger partial charge is 0.674 e. The summed E-state index contributed by atoms with van der Waals surface area (Å²) in [6, 6.07) is 22.3. The number of nitrogens with zero attached hydrogens (tertiary/aromatic N) is 5. The van der Waals surface area contributed by atoms with E-state index in [1.54, 1.807) is 23.5 Å². The monoisotopic (exact) mass is 610 g/mol. The minimum absolute atomic E-state index is 0. The summed E-state index contributed by atoms with van der Waals surface area (Å²) in [5.41, 5.74) is 2.87. The maximum atomic E-state index is 4.93. The van der Waals surface area contributed by atoms with Crippen LogP contribution in [-0.2, 0) is 21.1 Å². The molecule has 0 bridgehead atoms. The minimum Gasteiger partial charge on any atom is -0.674 e. The fourth-order valence-electron chi connectivity index (χ4n) is 3.17. The molecule has 3 aromatic rings. The molecule has 8 heteroatoms. The second kappa shape index (κ2) is 9.73. The number of anilines is 3. The molecule has 5 nitrogen and oxygen atoms in total. The normalized spacial score (nSPS) is 19.1. The molecular formula is C22H17N5PtS2. The van der Waals surface area contributed by atoms with Crippen molar-refractivity contribution < 1.29 is 21.1 Å². The molecule has 0 radical (unpaired) electrons. The summed E-state index contributed by atoms with van der Waals surface area (Å²) < 4.78 is 0. The third-order valence-corrected chi connectivity index (χ3v) is 6.27. The van der Waals surface area contributed by atoms with Crippen molar-refractivity contribution in [2.24, 2.45) is 0 Å². The first-order valence-corrected chi connectivity index (χ1v) is 11.1. The van der Waals surface area contributed by atoms with Crippen molar-refractivity contribution in [3.63, 3.8) is 0 Å². The first-order valence-electron chi connectivity index (χ1n) is 9.18. The fraction of sp³-hybridized carbons (Fsp3) is 0.0909. The SMILES string of the molecule is C1=CSC(c2cccc(N(c3ccccc3)c3cccc(C4[N-]C=CS4)n3)n2)[N-]1.[Pt+2]. The van der Waals surface area contributed by atoms with Crippen LogP contribution in [0.2, 0.25) is 0 Å². The maximum absolute atomic E-state index is 4.93. The second-order valence-corrected chi connectivity index (χ2v) is 8.34. The van der Waals surface area contributed by atoms with Crippen LogP contribution in [0.4, 0.5) is 17.3 Å². The van der Waals surface area contributed by atoms with Crippen LogP contribution >= 0.6 is 23.5 Å². The average molecular weight is 611 g/mol. The summed E-state index contributed by atoms with van der Waals surface area (Å²) in [6.07, 6.45) is 3.67. The van der Waals surface area contributed by atoms with Crippen molar-refractivity contribution in [2.45, 2.75) is 10.7 Å². The topological polar surface area (TPSA) is 57.2 Å². The van der Waals surface area contributed by atoms with Crippen molar-refractivity contribution >= 4 is 40.8 Å². The Kier molecular flexibility index (Phi) is 6.82. The van der Waals surface area contributed by atoms with Crippen LogP contribution in [0.1, 0.15) is 22.1 Å². The fourth-order valence-corrected chi connectivity index (χ4v) is 4.57. The molecule has 2 aliphatic rings. The van der Waals surface area contributed by atoms with E-state index in [2.05, 4.69) is 27.7 Å². The van der Waals surface area contributed by atoms with Gasteiger partial charge in [0.05, 0.1) is 0 Å². The zero-order valence-corrected chi connectivity index (χ0v) is 19.6. The zero-order chi connectivity index (χ0) is 19.5. The number of hydrogen-bond acceptors (Lipinski definition) is 5. The maximum Gasteiger partial charge on any atom is 2.00 e. The van der Waals surface area contributed by atoms with E-state index in [-0.39, 0.29) is 31.8 Å². The summed E-state index contributed by atoms with van der Waals surface area (Å²) in [7, 11) is 0. The molecule has 4 heterocycles. The third kappa shape index (κ3) is 4.43. The standard InChI is InChI=1S/C22H17N5S2.Pt/c1-2-6-16(7-3-1)27(19-10-4-8-17(25-19)21-23-12-14-28-21)20-11-5-9-18(26-20)22-24-13-15-29-22;/h1-15,21-22H;/q-2;+2. The van der Waals surface area contributed by atoms with Crippen molar-refractivity contribution in [1.29, 1.82) is 0 Å². The number of aromatic nitrogens is 2. The Morgan fingerprint density at radius 3 is 1.67 bits per heavy atom. The van der Waals surface area contributed by atoms with Crippen LogP contribution < -0.4 is 4.90 Å². The van der Waals surface area contributed by atoms with Crippen LogP contribution in [0.15, 0.2) is 89.9 Å². The van der Waals surface area contributed by atoms with Crippen LogP contribution in [0, 0.1) is 0 Å². The summed E-state index contributed by atoms with van der Waals surface area (Å²) in [5.74, 6) is 1.63. The molecule has 0 spiro atoms. The Hall–Kier alpha value is -2.21. The Balaban J connectivity index is 0.00000218. The van der Waals surface area contributed by atoms with Crippen LogP contribution in [0.5, 0.6) is 0 Å². The van der Waals surface area contributed by atoms with Gasteiger partial charge in [0.15, 0.2) is 0 Å². The van der Waals surface area contributed by atoms with Gasteiger partial charge in [0.1, 0.15) is 11.6 Å². The van der Waals surface area contributed by atoms with E-state index in [1.165, 1.54) is 0 Å². The van der Waals surface area contributed by atoms with E-state index < -0.39 is 0 Å². The third-order valence-electron chi connectivity index (χ3n) is 4.47. The van der Waals surface area contributed by atoms with E-state index in [0.29, 0.717) is 0 Å². The first-order chi connectivity index (χ1) is 14.4. The number of benzene rings is 1. The van der Waals surface area contributed by atoms with Gasteiger partial charge in [-0.25, -0.2) is 9.97 Å². The molecule has 152 valence electrons. The van der Waals surface area contributed by atoms with Gasteiger partial charge in [0.25, 0.3) is 0 Å². The molecule has 2 aliphatic heterocycles. The average Bonchev–Trinajstić information content (AvgIpc) is 3.50. The molecule has 0 fully saturated rings. The van der Waals surface area contributed by atoms with Crippen molar-refractivity contribution in [1.82, 2.24) is 9.97 Å². The zero-order valence-electron chi connectivity index (χ0n) is 15.7. The molecule has 30 heavy (non-hydrogen) atoms. The van der Waals surface area contributed by atoms with Gasteiger partial charge in [0, 0.05) is 17.1 Å². The number of thioether (sulfide) groups is 2. The summed E-state index contributed by atoms with van der Waals surface area (Å²) >= 11 is 3.32. The predicted molar refractivity (Wildman–Crippen MR) is 122 cm³/mol. The Bertz CT molecular complexity index is 979. The van der Waals surface area contributed by atoms with Crippen molar-refractivity contribution in [3.05, 3.63) is 112 Å². The molecule has 2 atom stereocenters. The first kappa shape index (κ1) is 21.0. The number of rotatable bonds is 5. The molecular weight excluding hydrogens is 593 g/mol. The molecule has 0 saturated carbocycles. The number of pyridine rings is 2. The Morgan fingerprint density at radius 1 is 0.667 bits per heavy atom.